The maximum Gasteiger partial charge on any atom is 0.270 e. The van der Waals surface area contributed by atoms with Gasteiger partial charge in [-0.15, -0.1) is 0 Å². The van der Waals surface area contributed by atoms with Crippen LogP contribution in [0.5, 0.6) is 0 Å². The molecule has 1 amide bonds. The topological polar surface area (TPSA) is 74.2 Å². The predicted octanol–water partition coefficient (Wildman–Crippen LogP) is 2.44. The van der Waals surface area contributed by atoms with Gasteiger partial charge in [0, 0.05) is 57.0 Å². The maximum absolute atomic E-state index is 12.5. The Morgan fingerprint density at radius 2 is 1.86 bits per heavy atom. The van der Waals surface area contributed by atoms with Crippen LogP contribution in [0.1, 0.15) is 21.6 Å². The summed E-state index contributed by atoms with van der Waals surface area (Å²) in [6.07, 6.45) is 5.09. The van der Waals surface area contributed by atoms with Gasteiger partial charge in [0.1, 0.15) is 5.69 Å². The Bertz CT molecular complexity index is 970. The number of carbonyl (C=O) groups excluding carboxylic acids is 1. The molecule has 3 aromatic rings. The summed E-state index contributed by atoms with van der Waals surface area (Å²) in [6.45, 7) is 5.94. The van der Waals surface area contributed by atoms with Crippen LogP contribution in [0.4, 0.5) is 11.6 Å². The van der Waals surface area contributed by atoms with E-state index in [4.69, 9.17) is 0 Å². The summed E-state index contributed by atoms with van der Waals surface area (Å²) in [7, 11) is 0. The van der Waals surface area contributed by atoms with Gasteiger partial charge in [-0.1, -0.05) is 18.2 Å². The molecule has 0 bridgehead atoms. The van der Waals surface area contributed by atoms with E-state index >= 15 is 0 Å². The fourth-order valence-corrected chi connectivity index (χ4v) is 3.39. The average molecular weight is 388 g/mol. The number of aryl methyl sites for hydroxylation is 1. The standard InChI is InChI=1S/C22H24N6O/c1-17-4-2-6-19(14-17)27-10-12-28(13-11-27)22-24-9-7-20(26-22)21(29)25-16-18-5-3-8-23-15-18/h2-9,14-15H,10-13,16H2,1H3,(H,25,29). The summed E-state index contributed by atoms with van der Waals surface area (Å²) in [5, 5.41) is 2.88. The third-order valence-electron chi connectivity index (χ3n) is 4.98. The first-order chi connectivity index (χ1) is 14.2. The van der Waals surface area contributed by atoms with Crippen molar-refractivity contribution in [3.05, 3.63) is 77.9 Å². The van der Waals surface area contributed by atoms with Crippen molar-refractivity contribution >= 4 is 17.5 Å². The second kappa shape index (κ2) is 8.68. The van der Waals surface area contributed by atoms with Crippen LogP contribution in [-0.2, 0) is 6.54 Å². The van der Waals surface area contributed by atoms with E-state index in [1.54, 1.807) is 24.7 Å². The molecule has 0 spiro atoms. The zero-order valence-electron chi connectivity index (χ0n) is 16.5. The minimum Gasteiger partial charge on any atom is -0.368 e. The van der Waals surface area contributed by atoms with Crippen molar-refractivity contribution in [1.82, 2.24) is 20.3 Å². The predicted molar refractivity (Wildman–Crippen MR) is 113 cm³/mol. The van der Waals surface area contributed by atoms with Crippen molar-refractivity contribution in [3.63, 3.8) is 0 Å². The maximum atomic E-state index is 12.5. The summed E-state index contributed by atoms with van der Waals surface area (Å²) in [6, 6.07) is 14.0. The monoisotopic (exact) mass is 388 g/mol. The molecule has 4 rings (SSSR count). The Kier molecular flexibility index (Phi) is 5.65. The number of benzene rings is 1. The van der Waals surface area contributed by atoms with Gasteiger partial charge in [-0.25, -0.2) is 9.97 Å². The number of rotatable bonds is 5. The number of piperazine rings is 1. The highest BCUT2D eigenvalue weighted by Gasteiger charge is 2.20. The number of aromatic nitrogens is 3. The molecule has 1 fully saturated rings. The minimum atomic E-state index is -0.212. The fraction of sp³-hybridized carbons (Fsp3) is 0.273. The van der Waals surface area contributed by atoms with Gasteiger partial charge in [0.15, 0.2) is 0 Å². The molecule has 1 aliphatic rings. The number of amides is 1. The van der Waals surface area contributed by atoms with Crippen LogP contribution in [0.15, 0.2) is 61.1 Å². The van der Waals surface area contributed by atoms with Crippen LogP contribution >= 0.6 is 0 Å². The normalized spacial score (nSPS) is 14.0. The molecule has 3 heterocycles. The molecule has 29 heavy (non-hydrogen) atoms. The van der Waals surface area contributed by atoms with Gasteiger partial charge < -0.3 is 15.1 Å². The number of nitrogens with zero attached hydrogens (tertiary/aromatic N) is 5. The third-order valence-corrected chi connectivity index (χ3v) is 4.98. The van der Waals surface area contributed by atoms with Gasteiger partial charge in [0.05, 0.1) is 0 Å². The Morgan fingerprint density at radius 1 is 1.03 bits per heavy atom. The lowest BCUT2D eigenvalue weighted by Crippen LogP contribution is -2.47. The summed E-state index contributed by atoms with van der Waals surface area (Å²) in [5.41, 5.74) is 3.83. The first-order valence-electron chi connectivity index (χ1n) is 9.76. The van der Waals surface area contributed by atoms with Crippen LogP contribution in [0.2, 0.25) is 0 Å². The molecule has 0 atom stereocenters. The van der Waals surface area contributed by atoms with Crippen molar-refractivity contribution in [2.24, 2.45) is 0 Å². The van der Waals surface area contributed by atoms with Gasteiger partial charge in [0.2, 0.25) is 5.95 Å². The van der Waals surface area contributed by atoms with E-state index in [2.05, 4.69) is 61.3 Å². The van der Waals surface area contributed by atoms with Gasteiger partial charge >= 0.3 is 0 Å². The van der Waals surface area contributed by atoms with E-state index in [1.807, 2.05) is 12.1 Å². The molecule has 7 nitrogen and oxygen atoms in total. The van der Waals surface area contributed by atoms with Gasteiger partial charge in [0.25, 0.3) is 5.91 Å². The molecule has 1 N–H and O–H groups in total. The van der Waals surface area contributed by atoms with E-state index in [0.29, 0.717) is 18.2 Å². The molecule has 0 unspecified atom stereocenters. The Balaban J connectivity index is 1.37. The third kappa shape index (κ3) is 4.68. The van der Waals surface area contributed by atoms with E-state index in [-0.39, 0.29) is 5.91 Å². The number of hydrogen-bond donors (Lipinski definition) is 1. The number of carbonyl (C=O) groups is 1. The van der Waals surface area contributed by atoms with Crippen LogP contribution in [0.25, 0.3) is 0 Å². The van der Waals surface area contributed by atoms with Crippen molar-refractivity contribution in [3.8, 4) is 0 Å². The molecule has 7 heteroatoms. The zero-order valence-corrected chi connectivity index (χ0v) is 16.5. The molecule has 0 aliphatic carbocycles. The second-order valence-corrected chi connectivity index (χ2v) is 7.10. The highest BCUT2D eigenvalue weighted by Crippen LogP contribution is 2.19. The van der Waals surface area contributed by atoms with Crippen LogP contribution in [0.3, 0.4) is 0 Å². The van der Waals surface area contributed by atoms with Crippen molar-refractivity contribution in [2.75, 3.05) is 36.0 Å². The van der Waals surface area contributed by atoms with E-state index in [0.717, 1.165) is 31.7 Å². The first kappa shape index (κ1) is 18.9. The molecule has 1 aliphatic heterocycles. The fourth-order valence-electron chi connectivity index (χ4n) is 3.39. The SMILES string of the molecule is Cc1cccc(N2CCN(c3nccc(C(=O)NCc4cccnc4)n3)CC2)c1. The van der Waals surface area contributed by atoms with Crippen LogP contribution in [-0.4, -0.2) is 47.0 Å². The van der Waals surface area contributed by atoms with E-state index in [1.165, 1.54) is 11.3 Å². The molecule has 148 valence electrons. The lowest BCUT2D eigenvalue weighted by Gasteiger charge is -2.36. The molecular formula is C22H24N6O. The quantitative estimate of drug-likeness (QED) is 0.724. The summed E-state index contributed by atoms with van der Waals surface area (Å²) in [4.78, 5) is 29.9. The minimum absolute atomic E-state index is 0.212. The molecule has 1 saturated heterocycles. The molecule has 2 aromatic heterocycles. The molecule has 1 aromatic carbocycles. The van der Waals surface area contributed by atoms with E-state index < -0.39 is 0 Å². The largest absolute Gasteiger partial charge is 0.368 e. The van der Waals surface area contributed by atoms with E-state index in [9.17, 15) is 4.79 Å². The second-order valence-electron chi connectivity index (χ2n) is 7.10. The molecule has 0 radical (unpaired) electrons. The Labute approximate surface area is 170 Å². The number of anilines is 2. The number of pyridine rings is 1. The van der Waals surface area contributed by atoms with Gasteiger partial charge in [-0.05, 0) is 42.3 Å². The van der Waals surface area contributed by atoms with Crippen LogP contribution in [0, 0.1) is 6.92 Å². The summed E-state index contributed by atoms with van der Waals surface area (Å²) in [5.74, 6) is 0.388. The molecule has 0 saturated carbocycles. The lowest BCUT2D eigenvalue weighted by atomic mass is 10.2. The highest BCUT2D eigenvalue weighted by atomic mass is 16.1. The molecular weight excluding hydrogens is 364 g/mol. The van der Waals surface area contributed by atoms with Gasteiger partial charge in [-0.2, -0.15) is 0 Å². The summed E-state index contributed by atoms with van der Waals surface area (Å²) < 4.78 is 0. The van der Waals surface area contributed by atoms with Crippen LogP contribution < -0.4 is 15.1 Å². The smallest absolute Gasteiger partial charge is 0.270 e. The number of nitrogens with one attached hydrogen (secondary N) is 1. The Morgan fingerprint density at radius 3 is 2.62 bits per heavy atom. The van der Waals surface area contributed by atoms with Gasteiger partial charge in [-0.3, -0.25) is 9.78 Å². The highest BCUT2D eigenvalue weighted by molar-refractivity contribution is 5.92. The van der Waals surface area contributed by atoms with Crippen molar-refractivity contribution in [1.29, 1.82) is 0 Å². The zero-order chi connectivity index (χ0) is 20.1. The van der Waals surface area contributed by atoms with Crippen molar-refractivity contribution < 1.29 is 4.79 Å². The summed E-state index contributed by atoms with van der Waals surface area (Å²) >= 11 is 0. The average Bonchev–Trinajstić information content (AvgIpc) is 2.78. The Hall–Kier alpha value is -3.48. The number of hydrogen-bond acceptors (Lipinski definition) is 6. The van der Waals surface area contributed by atoms with Crippen molar-refractivity contribution in [2.45, 2.75) is 13.5 Å². The lowest BCUT2D eigenvalue weighted by molar-refractivity contribution is 0.0945. The first-order valence-corrected chi connectivity index (χ1v) is 9.76.